The number of carbonyl (C=O) groups excluding carboxylic acids is 1. The van der Waals surface area contributed by atoms with Gasteiger partial charge in [0.15, 0.2) is 0 Å². The van der Waals surface area contributed by atoms with Crippen molar-refractivity contribution in [1.29, 1.82) is 0 Å². The highest BCUT2D eigenvalue weighted by atomic mass is 32.1. The molecule has 0 spiro atoms. The van der Waals surface area contributed by atoms with Gasteiger partial charge in [-0.3, -0.25) is 0 Å². The second-order valence-corrected chi connectivity index (χ2v) is 9.19. The van der Waals surface area contributed by atoms with E-state index in [1.165, 1.54) is 16.8 Å². The topological polar surface area (TPSA) is 96.2 Å². The number of fused-ring (bicyclic) bond motifs is 1. The molecule has 2 amide bonds. The zero-order chi connectivity index (χ0) is 23.4. The van der Waals surface area contributed by atoms with Crippen LogP contribution in [0.3, 0.4) is 0 Å². The van der Waals surface area contributed by atoms with E-state index in [1.807, 2.05) is 48.5 Å². The van der Waals surface area contributed by atoms with Gasteiger partial charge in [0.2, 0.25) is 0 Å². The van der Waals surface area contributed by atoms with Gasteiger partial charge in [0.05, 0.1) is 5.39 Å². The van der Waals surface area contributed by atoms with Crippen molar-refractivity contribution >= 4 is 44.8 Å². The molecule has 2 heterocycles. The van der Waals surface area contributed by atoms with Crippen molar-refractivity contribution in [1.82, 2.24) is 14.9 Å². The van der Waals surface area contributed by atoms with Crippen molar-refractivity contribution in [3.05, 3.63) is 65.3 Å². The van der Waals surface area contributed by atoms with E-state index in [0.717, 1.165) is 46.4 Å². The first-order valence-corrected chi connectivity index (χ1v) is 11.7. The van der Waals surface area contributed by atoms with Gasteiger partial charge >= 0.3 is 6.03 Å². The summed E-state index contributed by atoms with van der Waals surface area (Å²) < 4.78 is 0. The predicted molar refractivity (Wildman–Crippen MR) is 138 cm³/mol. The van der Waals surface area contributed by atoms with Gasteiger partial charge in [0, 0.05) is 28.4 Å². The standard InChI is InChI=1S/C25H28N6OS/c1-4-16-6-5-7-19(14-16)30-25(32)29-18-10-8-17(9-11-18)21-20(12-13-31(2)3)33-24-22(21)23(26)27-15-28-24/h5-11,14-15H,4,12-13H2,1-3H3,(H2,26,27,28)(H2,29,30,32). The van der Waals surface area contributed by atoms with Crippen LogP contribution in [0.15, 0.2) is 54.9 Å². The zero-order valence-corrected chi connectivity index (χ0v) is 19.9. The first kappa shape index (κ1) is 22.7. The monoisotopic (exact) mass is 460 g/mol. The van der Waals surface area contributed by atoms with E-state index >= 15 is 0 Å². The maximum absolute atomic E-state index is 12.5. The number of nitrogens with zero attached hydrogens (tertiary/aromatic N) is 3. The molecule has 0 fully saturated rings. The molecule has 7 nitrogen and oxygen atoms in total. The molecule has 4 rings (SSSR count). The Balaban J connectivity index is 1.56. The highest BCUT2D eigenvalue weighted by molar-refractivity contribution is 7.19. The fourth-order valence-electron chi connectivity index (χ4n) is 3.69. The van der Waals surface area contributed by atoms with Gasteiger partial charge in [0.1, 0.15) is 17.0 Å². The Labute approximate surface area is 197 Å². The number of urea groups is 1. The van der Waals surface area contributed by atoms with E-state index < -0.39 is 0 Å². The Morgan fingerprint density at radius 1 is 1.06 bits per heavy atom. The minimum atomic E-state index is -0.277. The second kappa shape index (κ2) is 9.97. The summed E-state index contributed by atoms with van der Waals surface area (Å²) in [6.45, 7) is 3.01. The van der Waals surface area contributed by atoms with Crippen LogP contribution in [0.25, 0.3) is 21.3 Å². The van der Waals surface area contributed by atoms with Gasteiger partial charge in [-0.2, -0.15) is 0 Å². The van der Waals surface area contributed by atoms with E-state index in [-0.39, 0.29) is 6.03 Å². The summed E-state index contributed by atoms with van der Waals surface area (Å²) in [6, 6.07) is 15.4. The molecule has 8 heteroatoms. The Hall–Kier alpha value is -3.49. The summed E-state index contributed by atoms with van der Waals surface area (Å²) >= 11 is 1.66. The van der Waals surface area contributed by atoms with Crippen molar-refractivity contribution in [2.45, 2.75) is 19.8 Å². The number of aryl methyl sites for hydroxylation is 1. The second-order valence-electron chi connectivity index (χ2n) is 8.10. The third kappa shape index (κ3) is 5.30. The number of hydrogen-bond acceptors (Lipinski definition) is 6. The number of nitrogens with two attached hydrogens (primary N) is 1. The largest absolute Gasteiger partial charge is 0.383 e. The van der Waals surface area contributed by atoms with E-state index in [2.05, 4.69) is 46.5 Å². The van der Waals surface area contributed by atoms with Gasteiger partial charge in [-0.15, -0.1) is 11.3 Å². The highest BCUT2D eigenvalue weighted by Crippen LogP contribution is 2.40. The average molecular weight is 461 g/mol. The van der Waals surface area contributed by atoms with Gasteiger partial charge in [-0.1, -0.05) is 31.2 Å². The molecule has 170 valence electrons. The predicted octanol–water partition coefficient (Wildman–Crippen LogP) is 5.25. The van der Waals surface area contributed by atoms with E-state index in [0.29, 0.717) is 11.5 Å². The fraction of sp³-hybridized carbons (Fsp3) is 0.240. The number of hydrogen-bond donors (Lipinski definition) is 3. The number of likely N-dealkylation sites (N-methyl/N-ethyl adjacent to an activating group) is 1. The Kier molecular flexibility index (Phi) is 6.86. The fourth-order valence-corrected chi connectivity index (χ4v) is 4.85. The molecule has 0 aliphatic heterocycles. The van der Waals surface area contributed by atoms with Crippen LogP contribution in [0.4, 0.5) is 22.0 Å². The molecule has 0 atom stereocenters. The molecular weight excluding hydrogens is 432 g/mol. The normalized spacial score (nSPS) is 11.2. The molecular formula is C25H28N6OS. The number of carbonyl (C=O) groups is 1. The number of aromatic nitrogens is 2. The van der Waals surface area contributed by atoms with Gasteiger partial charge in [-0.25, -0.2) is 14.8 Å². The van der Waals surface area contributed by atoms with Crippen LogP contribution >= 0.6 is 11.3 Å². The molecule has 0 aliphatic carbocycles. The molecule has 0 saturated carbocycles. The summed E-state index contributed by atoms with van der Waals surface area (Å²) in [6.07, 6.45) is 3.32. The van der Waals surface area contributed by atoms with Crippen LogP contribution in [-0.2, 0) is 12.8 Å². The van der Waals surface area contributed by atoms with Crippen molar-refractivity contribution in [2.24, 2.45) is 0 Å². The van der Waals surface area contributed by atoms with Crippen LogP contribution < -0.4 is 16.4 Å². The summed E-state index contributed by atoms with van der Waals surface area (Å²) in [5, 5.41) is 6.68. The highest BCUT2D eigenvalue weighted by Gasteiger charge is 2.18. The molecule has 0 radical (unpaired) electrons. The number of rotatable bonds is 7. The van der Waals surface area contributed by atoms with Gasteiger partial charge in [0.25, 0.3) is 0 Å². The number of anilines is 3. The van der Waals surface area contributed by atoms with Crippen LogP contribution in [0.5, 0.6) is 0 Å². The first-order chi connectivity index (χ1) is 15.9. The summed E-state index contributed by atoms with van der Waals surface area (Å²) in [4.78, 5) is 25.4. The number of nitrogens with one attached hydrogen (secondary N) is 2. The molecule has 4 N–H and O–H groups in total. The van der Waals surface area contributed by atoms with Crippen molar-refractivity contribution in [2.75, 3.05) is 37.0 Å². The summed E-state index contributed by atoms with van der Waals surface area (Å²) in [5.74, 6) is 0.484. The lowest BCUT2D eigenvalue weighted by molar-refractivity contribution is 0.262. The summed E-state index contributed by atoms with van der Waals surface area (Å²) in [5.41, 5.74) is 11.0. The molecule has 0 aliphatic rings. The number of benzene rings is 2. The van der Waals surface area contributed by atoms with Crippen molar-refractivity contribution < 1.29 is 4.79 Å². The Bertz CT molecular complexity index is 1270. The Morgan fingerprint density at radius 2 is 1.82 bits per heavy atom. The zero-order valence-electron chi connectivity index (χ0n) is 19.1. The van der Waals surface area contributed by atoms with Crippen molar-refractivity contribution in [3.8, 4) is 11.1 Å². The number of amides is 2. The molecule has 0 saturated heterocycles. The van der Waals surface area contributed by atoms with Gasteiger partial charge < -0.3 is 21.3 Å². The number of nitrogen functional groups attached to an aromatic ring is 1. The van der Waals surface area contributed by atoms with E-state index in [4.69, 9.17) is 5.73 Å². The molecule has 2 aromatic carbocycles. The van der Waals surface area contributed by atoms with E-state index in [9.17, 15) is 4.79 Å². The maximum atomic E-state index is 12.5. The quantitative estimate of drug-likeness (QED) is 0.350. The van der Waals surface area contributed by atoms with Crippen LogP contribution in [0, 0.1) is 0 Å². The Morgan fingerprint density at radius 3 is 2.55 bits per heavy atom. The maximum Gasteiger partial charge on any atom is 0.323 e. The average Bonchev–Trinajstić information content (AvgIpc) is 3.18. The minimum absolute atomic E-state index is 0.277. The molecule has 0 unspecified atom stereocenters. The molecule has 2 aromatic heterocycles. The third-order valence-electron chi connectivity index (χ3n) is 5.40. The first-order valence-electron chi connectivity index (χ1n) is 10.9. The lowest BCUT2D eigenvalue weighted by Crippen LogP contribution is -2.19. The number of thiophene rings is 1. The van der Waals surface area contributed by atoms with E-state index in [1.54, 1.807) is 11.3 Å². The lowest BCUT2D eigenvalue weighted by Gasteiger charge is -2.12. The minimum Gasteiger partial charge on any atom is -0.383 e. The van der Waals surface area contributed by atoms with Crippen molar-refractivity contribution in [3.63, 3.8) is 0 Å². The smallest absolute Gasteiger partial charge is 0.323 e. The van der Waals surface area contributed by atoms with Crippen LogP contribution in [0.2, 0.25) is 0 Å². The third-order valence-corrected chi connectivity index (χ3v) is 6.56. The summed E-state index contributed by atoms with van der Waals surface area (Å²) in [7, 11) is 4.12. The lowest BCUT2D eigenvalue weighted by atomic mass is 10.0. The van der Waals surface area contributed by atoms with Crippen LogP contribution in [-0.4, -0.2) is 41.5 Å². The molecule has 33 heavy (non-hydrogen) atoms. The van der Waals surface area contributed by atoms with Gasteiger partial charge in [-0.05, 0) is 62.3 Å². The molecule has 4 aromatic rings. The van der Waals surface area contributed by atoms with Crippen LogP contribution in [0.1, 0.15) is 17.4 Å². The molecule has 0 bridgehead atoms. The SMILES string of the molecule is CCc1cccc(NC(=O)Nc2ccc(-c3c(CCN(C)C)sc4ncnc(N)c34)cc2)c1.